The number of ether oxygens (including phenoxy) is 1. The van der Waals surface area contributed by atoms with Crippen LogP contribution in [-0.4, -0.2) is 4.98 Å². The second kappa shape index (κ2) is 6.22. The number of fused-ring (bicyclic) bond motifs is 1. The molecule has 3 heteroatoms. The molecule has 29 heavy (non-hydrogen) atoms. The Bertz CT molecular complexity index is 1140. The SMILES string of the molecule is Cc1cc2c3c(cc(C)c(C)c3n1)Nc1cc(C(C)(C)C)cc(C(C)(C)C)c1O2. The summed E-state index contributed by atoms with van der Waals surface area (Å²) in [5, 5.41) is 4.78. The van der Waals surface area contributed by atoms with Gasteiger partial charge >= 0.3 is 0 Å². The topological polar surface area (TPSA) is 34.2 Å². The summed E-state index contributed by atoms with van der Waals surface area (Å²) in [6.07, 6.45) is 0. The average molecular weight is 389 g/mol. The quantitative estimate of drug-likeness (QED) is 0.337. The zero-order valence-electron chi connectivity index (χ0n) is 19.2. The lowest BCUT2D eigenvalue weighted by Crippen LogP contribution is -2.18. The van der Waals surface area contributed by atoms with Crippen LogP contribution in [0, 0.1) is 20.8 Å². The van der Waals surface area contributed by atoms with Crippen LogP contribution in [0.4, 0.5) is 11.4 Å². The predicted octanol–water partition coefficient (Wildman–Crippen LogP) is 7.60. The minimum Gasteiger partial charge on any atom is -0.454 e. The predicted molar refractivity (Wildman–Crippen MR) is 123 cm³/mol. The highest BCUT2D eigenvalue weighted by Crippen LogP contribution is 2.49. The van der Waals surface area contributed by atoms with E-state index in [0.29, 0.717) is 0 Å². The number of pyridine rings is 1. The molecular formula is C26H32N2O. The Hall–Kier alpha value is -2.55. The minimum absolute atomic E-state index is 0.0451. The average Bonchev–Trinajstić information content (AvgIpc) is 2.73. The van der Waals surface area contributed by atoms with Crippen LogP contribution in [0.3, 0.4) is 0 Å². The molecule has 3 nitrogen and oxygen atoms in total. The first-order chi connectivity index (χ1) is 13.4. The monoisotopic (exact) mass is 388 g/mol. The molecule has 2 heterocycles. The highest BCUT2D eigenvalue weighted by atomic mass is 16.5. The number of aryl methyl sites for hydroxylation is 3. The fourth-order valence-electron chi connectivity index (χ4n) is 4.01. The Labute approximate surface area is 174 Å². The lowest BCUT2D eigenvalue weighted by Gasteiger charge is -2.28. The van der Waals surface area contributed by atoms with Crippen molar-refractivity contribution in [2.24, 2.45) is 0 Å². The number of hydrogen-bond donors (Lipinski definition) is 1. The van der Waals surface area contributed by atoms with Crippen LogP contribution in [0.25, 0.3) is 10.9 Å². The summed E-state index contributed by atoms with van der Waals surface area (Å²) in [5.41, 5.74) is 9.04. The minimum atomic E-state index is -0.0451. The van der Waals surface area contributed by atoms with Crippen molar-refractivity contribution in [1.29, 1.82) is 0 Å². The first-order valence-electron chi connectivity index (χ1n) is 10.4. The molecule has 3 aromatic rings. The summed E-state index contributed by atoms with van der Waals surface area (Å²) in [5.74, 6) is 1.80. The lowest BCUT2D eigenvalue weighted by molar-refractivity contribution is 0.460. The number of rotatable bonds is 0. The summed E-state index contributed by atoms with van der Waals surface area (Å²) in [4.78, 5) is 4.85. The van der Waals surface area contributed by atoms with Gasteiger partial charge in [-0.2, -0.15) is 0 Å². The van der Waals surface area contributed by atoms with Crippen molar-refractivity contribution in [3.8, 4) is 11.5 Å². The third-order valence-electron chi connectivity index (χ3n) is 5.93. The van der Waals surface area contributed by atoms with E-state index in [1.165, 1.54) is 22.3 Å². The van der Waals surface area contributed by atoms with E-state index in [4.69, 9.17) is 9.72 Å². The van der Waals surface area contributed by atoms with E-state index < -0.39 is 0 Å². The van der Waals surface area contributed by atoms with Gasteiger partial charge in [-0.1, -0.05) is 47.6 Å². The molecule has 0 unspecified atom stereocenters. The molecule has 1 N–H and O–H groups in total. The van der Waals surface area contributed by atoms with Gasteiger partial charge in [-0.05, 0) is 60.4 Å². The zero-order valence-corrected chi connectivity index (χ0v) is 19.2. The second-order valence-corrected chi connectivity index (χ2v) is 10.5. The molecule has 0 radical (unpaired) electrons. The molecular weight excluding hydrogens is 356 g/mol. The van der Waals surface area contributed by atoms with Crippen LogP contribution >= 0.6 is 0 Å². The van der Waals surface area contributed by atoms with Crippen molar-refractivity contribution in [3.63, 3.8) is 0 Å². The maximum Gasteiger partial charge on any atom is 0.154 e. The van der Waals surface area contributed by atoms with E-state index in [0.717, 1.165) is 39.5 Å². The van der Waals surface area contributed by atoms with Crippen molar-refractivity contribution in [3.05, 3.63) is 52.2 Å². The zero-order chi connectivity index (χ0) is 21.3. The molecule has 1 aliphatic heterocycles. The Morgan fingerprint density at radius 1 is 0.828 bits per heavy atom. The van der Waals surface area contributed by atoms with E-state index in [-0.39, 0.29) is 10.8 Å². The summed E-state index contributed by atoms with van der Waals surface area (Å²) in [6, 6.07) is 8.84. The summed E-state index contributed by atoms with van der Waals surface area (Å²) in [7, 11) is 0. The Balaban J connectivity index is 2.08. The number of nitrogens with one attached hydrogen (secondary N) is 1. The van der Waals surface area contributed by atoms with Gasteiger partial charge in [0, 0.05) is 17.3 Å². The van der Waals surface area contributed by atoms with Gasteiger partial charge < -0.3 is 10.1 Å². The number of hydrogen-bond acceptors (Lipinski definition) is 3. The number of anilines is 2. The van der Waals surface area contributed by atoms with E-state index in [1.54, 1.807) is 0 Å². The van der Waals surface area contributed by atoms with Crippen molar-refractivity contribution in [2.75, 3.05) is 5.32 Å². The molecule has 0 spiro atoms. The Morgan fingerprint density at radius 3 is 2.14 bits per heavy atom. The lowest BCUT2D eigenvalue weighted by atomic mass is 9.79. The van der Waals surface area contributed by atoms with Gasteiger partial charge in [0.2, 0.25) is 0 Å². The third-order valence-corrected chi connectivity index (χ3v) is 5.93. The van der Waals surface area contributed by atoms with Gasteiger partial charge in [0.15, 0.2) is 5.75 Å². The summed E-state index contributed by atoms with van der Waals surface area (Å²) in [6.45, 7) is 19.8. The maximum absolute atomic E-state index is 6.67. The molecule has 0 atom stereocenters. The van der Waals surface area contributed by atoms with Gasteiger partial charge in [-0.25, -0.2) is 0 Å². The Kier molecular flexibility index (Phi) is 4.24. The molecule has 0 amide bonds. The molecule has 1 aromatic heterocycles. The first kappa shape index (κ1) is 19.8. The highest BCUT2D eigenvalue weighted by Gasteiger charge is 2.29. The first-order valence-corrected chi connectivity index (χ1v) is 10.4. The maximum atomic E-state index is 6.67. The van der Waals surface area contributed by atoms with E-state index in [1.807, 2.05) is 6.92 Å². The standard InChI is InChI=1S/C26H32N2O/c1-14-10-19-22-21(11-15(2)27-23(22)16(14)3)29-24-18(26(7,8)9)12-17(25(4,5)6)13-20(24)28-19/h10-13,28H,1-9H3. The highest BCUT2D eigenvalue weighted by molar-refractivity contribution is 6.02. The van der Waals surface area contributed by atoms with Crippen LogP contribution in [-0.2, 0) is 10.8 Å². The summed E-state index contributed by atoms with van der Waals surface area (Å²) >= 11 is 0. The van der Waals surface area contributed by atoms with Crippen LogP contribution in [0.1, 0.15) is 69.5 Å². The van der Waals surface area contributed by atoms with E-state index in [9.17, 15) is 0 Å². The molecule has 0 aliphatic carbocycles. The van der Waals surface area contributed by atoms with Gasteiger partial charge in [-0.15, -0.1) is 0 Å². The molecule has 0 saturated heterocycles. The molecule has 0 bridgehead atoms. The van der Waals surface area contributed by atoms with Crippen LogP contribution in [0.15, 0.2) is 24.3 Å². The number of benzene rings is 2. The fourth-order valence-corrected chi connectivity index (χ4v) is 4.01. The van der Waals surface area contributed by atoms with Crippen molar-refractivity contribution in [2.45, 2.75) is 73.1 Å². The number of aromatic nitrogens is 1. The molecule has 1 aliphatic rings. The van der Waals surface area contributed by atoms with Gasteiger partial charge in [0.25, 0.3) is 0 Å². The second-order valence-electron chi connectivity index (χ2n) is 10.5. The van der Waals surface area contributed by atoms with E-state index >= 15 is 0 Å². The fraction of sp³-hybridized carbons (Fsp3) is 0.423. The van der Waals surface area contributed by atoms with Gasteiger partial charge in [0.1, 0.15) is 5.75 Å². The van der Waals surface area contributed by atoms with Crippen molar-refractivity contribution < 1.29 is 4.74 Å². The molecule has 4 rings (SSSR count). The van der Waals surface area contributed by atoms with Gasteiger partial charge in [0.05, 0.1) is 22.3 Å². The van der Waals surface area contributed by atoms with Crippen LogP contribution < -0.4 is 10.1 Å². The molecule has 0 saturated carbocycles. The largest absolute Gasteiger partial charge is 0.454 e. The van der Waals surface area contributed by atoms with Crippen LogP contribution in [0.2, 0.25) is 0 Å². The third kappa shape index (κ3) is 3.27. The normalized spacial score (nSPS) is 13.6. The summed E-state index contributed by atoms with van der Waals surface area (Å²) < 4.78 is 6.67. The number of nitrogens with zero attached hydrogens (tertiary/aromatic N) is 1. The van der Waals surface area contributed by atoms with Crippen molar-refractivity contribution in [1.82, 2.24) is 4.98 Å². The van der Waals surface area contributed by atoms with Gasteiger partial charge in [-0.3, -0.25) is 4.98 Å². The smallest absolute Gasteiger partial charge is 0.154 e. The molecule has 2 aromatic carbocycles. The van der Waals surface area contributed by atoms with Crippen molar-refractivity contribution >= 4 is 22.3 Å². The molecule has 152 valence electrons. The Morgan fingerprint density at radius 2 is 1.52 bits per heavy atom. The molecule has 0 fully saturated rings. The van der Waals surface area contributed by atoms with E-state index in [2.05, 4.69) is 85.0 Å². The van der Waals surface area contributed by atoms with Crippen LogP contribution in [0.5, 0.6) is 11.5 Å².